The lowest BCUT2D eigenvalue weighted by Gasteiger charge is -2.26. The SMILES string of the molecule is CC1(C)c2c(-c3cccc(-c4c5ccccc5c(-c5cccc(-c6ccccc6)c5)c5ccccc45)c3)cccc2-c2c1c1ccccc1c1ccccc21. The lowest BCUT2D eigenvalue weighted by Crippen LogP contribution is -2.17. The summed E-state index contributed by atoms with van der Waals surface area (Å²) < 4.78 is 0. The van der Waals surface area contributed by atoms with E-state index in [1.165, 1.54) is 110 Å². The number of hydrogen-bond acceptors (Lipinski definition) is 0. The second-order valence-corrected chi connectivity index (χ2v) is 15.6. The summed E-state index contributed by atoms with van der Waals surface area (Å²) in [6.45, 7) is 4.86. The number of fused-ring (bicyclic) bond motifs is 10. The minimum Gasteiger partial charge on any atom is -0.0622 e. The Hall–Kier alpha value is -6.76. The van der Waals surface area contributed by atoms with Crippen molar-refractivity contribution in [3.8, 4) is 55.6 Å². The van der Waals surface area contributed by atoms with Crippen LogP contribution in [0.3, 0.4) is 0 Å². The number of rotatable bonds is 4. The van der Waals surface area contributed by atoms with Crippen LogP contribution in [0.4, 0.5) is 0 Å². The molecular weight excluding hydrogens is 661 g/mol. The molecule has 0 N–H and O–H groups in total. The second-order valence-electron chi connectivity index (χ2n) is 15.6. The summed E-state index contributed by atoms with van der Waals surface area (Å²) in [7, 11) is 0. The van der Waals surface area contributed by atoms with Gasteiger partial charge in [-0.15, -0.1) is 0 Å². The molecular formula is C55H38. The van der Waals surface area contributed by atoms with E-state index >= 15 is 0 Å². The predicted octanol–water partition coefficient (Wildman–Crippen LogP) is 15.3. The minimum atomic E-state index is -0.198. The zero-order chi connectivity index (χ0) is 36.7. The first-order valence-electron chi connectivity index (χ1n) is 19.4. The summed E-state index contributed by atoms with van der Waals surface area (Å²) >= 11 is 0. The standard InChI is InChI=1S/C55H38/c1-55(2)53-40(31-16-32-49(53)52-43-25-8-6-23-41(43)42-24-7-13-30-48(42)54(52)55)37-20-15-22-39(34-37)51-46-28-11-9-26-44(46)50(45-27-10-12-29-47(45)51)38-21-14-19-36(33-38)35-17-4-3-5-18-35/h3-34H,1-2H3. The molecule has 0 fully saturated rings. The minimum absolute atomic E-state index is 0.198. The molecule has 258 valence electrons. The molecule has 1 aliphatic rings. The molecule has 0 aromatic heterocycles. The fourth-order valence-corrected chi connectivity index (χ4v) is 9.95. The van der Waals surface area contributed by atoms with E-state index in [2.05, 4.69) is 208 Å². The van der Waals surface area contributed by atoms with Gasteiger partial charge in [0.2, 0.25) is 0 Å². The van der Waals surface area contributed by atoms with E-state index in [-0.39, 0.29) is 5.41 Å². The van der Waals surface area contributed by atoms with Crippen LogP contribution in [0.5, 0.6) is 0 Å². The predicted molar refractivity (Wildman–Crippen MR) is 236 cm³/mol. The molecule has 10 aromatic carbocycles. The van der Waals surface area contributed by atoms with Crippen molar-refractivity contribution in [1.82, 2.24) is 0 Å². The van der Waals surface area contributed by atoms with Gasteiger partial charge < -0.3 is 0 Å². The van der Waals surface area contributed by atoms with Gasteiger partial charge in [-0.05, 0) is 122 Å². The lowest BCUT2D eigenvalue weighted by atomic mass is 9.76. The Kier molecular flexibility index (Phi) is 7.00. The quantitative estimate of drug-likeness (QED) is 0.127. The van der Waals surface area contributed by atoms with E-state index in [0.717, 1.165) is 0 Å². The summed E-state index contributed by atoms with van der Waals surface area (Å²) in [6.07, 6.45) is 0. The number of hydrogen-bond donors (Lipinski definition) is 0. The van der Waals surface area contributed by atoms with Crippen LogP contribution in [-0.4, -0.2) is 0 Å². The van der Waals surface area contributed by atoms with E-state index in [1.54, 1.807) is 0 Å². The molecule has 0 saturated heterocycles. The monoisotopic (exact) mass is 698 g/mol. The molecule has 0 amide bonds. The van der Waals surface area contributed by atoms with Crippen molar-refractivity contribution in [3.63, 3.8) is 0 Å². The molecule has 0 radical (unpaired) electrons. The Bertz CT molecular complexity index is 3100. The van der Waals surface area contributed by atoms with Crippen LogP contribution in [0.2, 0.25) is 0 Å². The molecule has 0 saturated carbocycles. The van der Waals surface area contributed by atoms with Gasteiger partial charge in [0.25, 0.3) is 0 Å². The first-order chi connectivity index (χ1) is 27.1. The second kappa shape index (κ2) is 12.1. The highest BCUT2D eigenvalue weighted by atomic mass is 14.4. The molecule has 0 heteroatoms. The Balaban J connectivity index is 1.13. The van der Waals surface area contributed by atoms with E-state index in [0.29, 0.717) is 0 Å². The van der Waals surface area contributed by atoms with Crippen molar-refractivity contribution in [2.45, 2.75) is 19.3 Å². The third kappa shape index (κ3) is 4.71. The summed E-state index contributed by atoms with van der Waals surface area (Å²) in [5.41, 5.74) is 15.4. The molecule has 0 unspecified atom stereocenters. The molecule has 11 rings (SSSR count). The Morgan fingerprint density at radius 1 is 0.255 bits per heavy atom. The highest BCUT2D eigenvalue weighted by Gasteiger charge is 2.40. The number of benzene rings is 10. The molecule has 0 bridgehead atoms. The Morgan fingerprint density at radius 3 is 1.22 bits per heavy atom. The molecule has 0 heterocycles. The smallest absolute Gasteiger partial charge is 0.0171 e. The Morgan fingerprint density at radius 2 is 0.636 bits per heavy atom. The fourth-order valence-electron chi connectivity index (χ4n) is 9.95. The molecule has 55 heavy (non-hydrogen) atoms. The topological polar surface area (TPSA) is 0 Å². The van der Waals surface area contributed by atoms with Crippen molar-refractivity contribution in [2.24, 2.45) is 0 Å². The van der Waals surface area contributed by atoms with Gasteiger partial charge in [-0.3, -0.25) is 0 Å². The third-order valence-electron chi connectivity index (χ3n) is 12.2. The van der Waals surface area contributed by atoms with Crippen LogP contribution < -0.4 is 0 Å². The average molecular weight is 699 g/mol. The maximum atomic E-state index is 2.44. The average Bonchev–Trinajstić information content (AvgIpc) is 3.50. The Labute approximate surface area is 322 Å². The van der Waals surface area contributed by atoms with Crippen molar-refractivity contribution in [2.75, 3.05) is 0 Å². The van der Waals surface area contributed by atoms with Crippen LogP contribution >= 0.6 is 0 Å². The van der Waals surface area contributed by atoms with E-state index in [9.17, 15) is 0 Å². The van der Waals surface area contributed by atoms with Crippen LogP contribution in [0, 0.1) is 0 Å². The van der Waals surface area contributed by atoms with E-state index < -0.39 is 0 Å². The summed E-state index contributed by atoms with van der Waals surface area (Å²) in [6, 6.07) is 71.9. The van der Waals surface area contributed by atoms with E-state index in [4.69, 9.17) is 0 Å². The molecule has 0 atom stereocenters. The van der Waals surface area contributed by atoms with Gasteiger partial charge in [0.1, 0.15) is 0 Å². The molecule has 10 aromatic rings. The van der Waals surface area contributed by atoms with Crippen LogP contribution in [-0.2, 0) is 5.41 Å². The summed E-state index contributed by atoms with van der Waals surface area (Å²) in [5, 5.41) is 10.4. The van der Waals surface area contributed by atoms with E-state index in [1.807, 2.05) is 0 Å². The summed E-state index contributed by atoms with van der Waals surface area (Å²) in [4.78, 5) is 0. The van der Waals surface area contributed by atoms with Crippen LogP contribution in [0.25, 0.3) is 98.7 Å². The molecule has 0 aliphatic heterocycles. The molecule has 1 aliphatic carbocycles. The highest BCUT2D eigenvalue weighted by molar-refractivity contribution is 6.22. The first-order valence-corrected chi connectivity index (χ1v) is 19.4. The third-order valence-corrected chi connectivity index (χ3v) is 12.2. The zero-order valence-electron chi connectivity index (χ0n) is 31.0. The van der Waals surface area contributed by atoms with Crippen molar-refractivity contribution in [1.29, 1.82) is 0 Å². The zero-order valence-corrected chi connectivity index (χ0v) is 31.0. The van der Waals surface area contributed by atoms with Gasteiger partial charge >= 0.3 is 0 Å². The van der Waals surface area contributed by atoms with Gasteiger partial charge in [0.05, 0.1) is 0 Å². The van der Waals surface area contributed by atoms with Gasteiger partial charge in [0, 0.05) is 5.41 Å². The lowest BCUT2D eigenvalue weighted by molar-refractivity contribution is 0.668. The van der Waals surface area contributed by atoms with Crippen molar-refractivity contribution in [3.05, 3.63) is 205 Å². The first kappa shape index (κ1) is 31.7. The van der Waals surface area contributed by atoms with Crippen LogP contribution in [0.15, 0.2) is 194 Å². The highest BCUT2D eigenvalue weighted by Crippen LogP contribution is 2.57. The maximum Gasteiger partial charge on any atom is 0.0171 e. The molecule has 0 spiro atoms. The van der Waals surface area contributed by atoms with Gasteiger partial charge in [-0.2, -0.15) is 0 Å². The van der Waals surface area contributed by atoms with Crippen molar-refractivity contribution < 1.29 is 0 Å². The maximum absolute atomic E-state index is 2.44. The largest absolute Gasteiger partial charge is 0.0622 e. The normalized spacial score (nSPS) is 13.1. The molecule has 0 nitrogen and oxygen atoms in total. The van der Waals surface area contributed by atoms with Gasteiger partial charge in [-0.25, -0.2) is 0 Å². The fraction of sp³-hybridized carbons (Fsp3) is 0.0545. The van der Waals surface area contributed by atoms with Gasteiger partial charge in [0.15, 0.2) is 0 Å². The van der Waals surface area contributed by atoms with Crippen LogP contribution in [0.1, 0.15) is 25.0 Å². The van der Waals surface area contributed by atoms with Crippen molar-refractivity contribution >= 4 is 43.1 Å². The summed E-state index contributed by atoms with van der Waals surface area (Å²) in [5.74, 6) is 0. The van der Waals surface area contributed by atoms with Gasteiger partial charge in [-0.1, -0.05) is 196 Å².